The summed E-state index contributed by atoms with van der Waals surface area (Å²) in [5.74, 6) is 0.663. The zero-order chi connectivity index (χ0) is 13.3. The van der Waals surface area contributed by atoms with Crippen molar-refractivity contribution in [1.29, 1.82) is 0 Å². The van der Waals surface area contributed by atoms with E-state index in [1.54, 1.807) is 0 Å². The highest BCUT2D eigenvalue weighted by atomic mass is 16.5. The van der Waals surface area contributed by atoms with Crippen LogP contribution in [0.5, 0.6) is 5.88 Å². The summed E-state index contributed by atoms with van der Waals surface area (Å²) in [6.45, 7) is 4.19. The second kappa shape index (κ2) is 7.74. The molecule has 0 bridgehead atoms. The molecule has 1 aromatic carbocycles. The molecule has 19 heavy (non-hydrogen) atoms. The lowest BCUT2D eigenvalue weighted by Gasteiger charge is -2.07. The fraction of sp³-hybridized carbons (Fsp3) is 0.438. The molecule has 1 heterocycles. The molecular weight excluding hydrogens is 238 g/mol. The third kappa shape index (κ3) is 4.52. The summed E-state index contributed by atoms with van der Waals surface area (Å²) in [5.41, 5.74) is 0.962. The van der Waals surface area contributed by atoms with Crippen LogP contribution in [0.1, 0.15) is 26.2 Å². The fourth-order valence-electron chi connectivity index (χ4n) is 1.89. The summed E-state index contributed by atoms with van der Waals surface area (Å²) in [6, 6.07) is 12.0. The minimum Gasteiger partial charge on any atom is -0.475 e. The number of benzene rings is 1. The zero-order valence-corrected chi connectivity index (χ0v) is 11.5. The van der Waals surface area contributed by atoms with E-state index in [0.717, 1.165) is 23.9 Å². The number of pyridine rings is 1. The standard InChI is InChI=1S/C16H21NO2/c1-2-3-6-11-18-12-13-19-16-10-9-14-7-4-5-8-15(14)17-16/h4-5,7-10H,2-3,6,11-13H2,1H3. The second-order valence-corrected chi connectivity index (χ2v) is 4.51. The Hall–Kier alpha value is -1.61. The number of unbranched alkanes of at least 4 members (excludes halogenated alkanes) is 2. The third-order valence-corrected chi connectivity index (χ3v) is 2.94. The molecular formula is C16H21NO2. The van der Waals surface area contributed by atoms with Gasteiger partial charge in [0.05, 0.1) is 12.1 Å². The predicted molar refractivity (Wildman–Crippen MR) is 77.6 cm³/mol. The van der Waals surface area contributed by atoms with Crippen LogP contribution in [-0.2, 0) is 4.74 Å². The minimum absolute atomic E-state index is 0.553. The highest BCUT2D eigenvalue weighted by molar-refractivity contribution is 5.78. The van der Waals surface area contributed by atoms with Crippen molar-refractivity contribution in [2.24, 2.45) is 0 Å². The Balaban J connectivity index is 1.72. The predicted octanol–water partition coefficient (Wildman–Crippen LogP) is 3.82. The number of fused-ring (bicyclic) bond motifs is 1. The number of rotatable bonds is 8. The van der Waals surface area contributed by atoms with Gasteiger partial charge >= 0.3 is 0 Å². The topological polar surface area (TPSA) is 31.4 Å². The van der Waals surface area contributed by atoms with Crippen LogP contribution >= 0.6 is 0 Å². The molecule has 0 unspecified atom stereocenters. The molecule has 2 rings (SSSR count). The molecule has 102 valence electrons. The Kier molecular flexibility index (Phi) is 5.63. The van der Waals surface area contributed by atoms with Gasteiger partial charge in [0.25, 0.3) is 0 Å². The van der Waals surface area contributed by atoms with E-state index in [1.807, 2.05) is 36.4 Å². The first-order valence-corrected chi connectivity index (χ1v) is 6.96. The molecule has 3 heteroatoms. The normalized spacial score (nSPS) is 10.8. The summed E-state index contributed by atoms with van der Waals surface area (Å²) < 4.78 is 11.1. The van der Waals surface area contributed by atoms with Gasteiger partial charge in [-0.25, -0.2) is 4.98 Å². The van der Waals surface area contributed by atoms with E-state index >= 15 is 0 Å². The molecule has 0 atom stereocenters. The van der Waals surface area contributed by atoms with E-state index in [2.05, 4.69) is 11.9 Å². The van der Waals surface area contributed by atoms with Crippen LogP contribution in [0, 0.1) is 0 Å². The van der Waals surface area contributed by atoms with Gasteiger partial charge in [-0.1, -0.05) is 38.0 Å². The third-order valence-electron chi connectivity index (χ3n) is 2.94. The highest BCUT2D eigenvalue weighted by Crippen LogP contribution is 2.15. The van der Waals surface area contributed by atoms with Crippen molar-refractivity contribution in [1.82, 2.24) is 4.98 Å². The molecule has 0 fully saturated rings. The van der Waals surface area contributed by atoms with Crippen LogP contribution in [0.25, 0.3) is 10.9 Å². The zero-order valence-electron chi connectivity index (χ0n) is 11.5. The lowest BCUT2D eigenvalue weighted by Crippen LogP contribution is -2.08. The van der Waals surface area contributed by atoms with Crippen LogP contribution in [0.4, 0.5) is 0 Å². The molecule has 0 aliphatic heterocycles. The first-order chi connectivity index (χ1) is 9.40. The maximum Gasteiger partial charge on any atom is 0.213 e. The molecule has 0 aliphatic rings. The van der Waals surface area contributed by atoms with Crippen LogP contribution in [0.15, 0.2) is 36.4 Å². The first-order valence-electron chi connectivity index (χ1n) is 6.96. The fourth-order valence-corrected chi connectivity index (χ4v) is 1.89. The van der Waals surface area contributed by atoms with Crippen LogP contribution in [0.2, 0.25) is 0 Å². The van der Waals surface area contributed by atoms with E-state index in [0.29, 0.717) is 19.1 Å². The lowest BCUT2D eigenvalue weighted by molar-refractivity contribution is 0.0959. The Morgan fingerprint density at radius 1 is 0.947 bits per heavy atom. The Bertz CT molecular complexity index is 499. The van der Waals surface area contributed by atoms with Gasteiger partial charge in [0, 0.05) is 18.1 Å². The van der Waals surface area contributed by atoms with Crippen molar-refractivity contribution >= 4 is 10.9 Å². The van der Waals surface area contributed by atoms with Crippen LogP contribution in [0.3, 0.4) is 0 Å². The molecule has 0 amide bonds. The highest BCUT2D eigenvalue weighted by Gasteiger charge is 1.98. The van der Waals surface area contributed by atoms with Gasteiger partial charge in [-0.05, 0) is 18.6 Å². The van der Waals surface area contributed by atoms with Gasteiger partial charge in [-0.3, -0.25) is 0 Å². The number of para-hydroxylation sites is 1. The van der Waals surface area contributed by atoms with Crippen molar-refractivity contribution in [3.05, 3.63) is 36.4 Å². The van der Waals surface area contributed by atoms with Gasteiger partial charge in [-0.15, -0.1) is 0 Å². The molecule has 0 spiro atoms. The first kappa shape index (κ1) is 13.8. The van der Waals surface area contributed by atoms with Crippen molar-refractivity contribution in [2.75, 3.05) is 19.8 Å². The van der Waals surface area contributed by atoms with Gasteiger partial charge in [0.15, 0.2) is 0 Å². The van der Waals surface area contributed by atoms with E-state index in [4.69, 9.17) is 9.47 Å². The smallest absolute Gasteiger partial charge is 0.213 e. The number of hydrogen-bond acceptors (Lipinski definition) is 3. The summed E-state index contributed by atoms with van der Waals surface area (Å²) in [7, 11) is 0. The van der Waals surface area contributed by atoms with E-state index in [1.165, 1.54) is 12.8 Å². The SMILES string of the molecule is CCCCCOCCOc1ccc2ccccc2n1. The van der Waals surface area contributed by atoms with Crippen LogP contribution in [-0.4, -0.2) is 24.8 Å². The maximum absolute atomic E-state index is 5.58. The lowest BCUT2D eigenvalue weighted by atomic mass is 10.2. The average Bonchev–Trinajstić information content (AvgIpc) is 2.46. The van der Waals surface area contributed by atoms with Crippen LogP contribution < -0.4 is 4.74 Å². The minimum atomic E-state index is 0.553. The second-order valence-electron chi connectivity index (χ2n) is 4.51. The van der Waals surface area contributed by atoms with Gasteiger partial charge < -0.3 is 9.47 Å². The summed E-state index contributed by atoms with van der Waals surface area (Å²) >= 11 is 0. The molecule has 0 radical (unpaired) electrons. The maximum atomic E-state index is 5.58. The van der Waals surface area contributed by atoms with E-state index in [9.17, 15) is 0 Å². The van der Waals surface area contributed by atoms with Crippen molar-refractivity contribution < 1.29 is 9.47 Å². The number of aromatic nitrogens is 1. The molecule has 0 saturated carbocycles. The van der Waals surface area contributed by atoms with E-state index in [-0.39, 0.29) is 0 Å². The summed E-state index contributed by atoms with van der Waals surface area (Å²) in [4.78, 5) is 4.44. The molecule has 1 aromatic heterocycles. The molecule has 0 aliphatic carbocycles. The summed E-state index contributed by atoms with van der Waals surface area (Å²) in [5, 5.41) is 1.13. The Morgan fingerprint density at radius 3 is 2.74 bits per heavy atom. The number of nitrogens with zero attached hydrogens (tertiary/aromatic N) is 1. The Morgan fingerprint density at radius 2 is 1.84 bits per heavy atom. The number of hydrogen-bond donors (Lipinski definition) is 0. The van der Waals surface area contributed by atoms with Crippen molar-refractivity contribution in [3.63, 3.8) is 0 Å². The monoisotopic (exact) mass is 259 g/mol. The molecule has 3 nitrogen and oxygen atoms in total. The molecule has 0 saturated heterocycles. The summed E-state index contributed by atoms with van der Waals surface area (Å²) in [6.07, 6.45) is 3.58. The number of ether oxygens (including phenoxy) is 2. The quantitative estimate of drug-likeness (QED) is 0.675. The van der Waals surface area contributed by atoms with Crippen molar-refractivity contribution in [3.8, 4) is 5.88 Å². The molecule has 2 aromatic rings. The van der Waals surface area contributed by atoms with Gasteiger partial charge in [0.2, 0.25) is 5.88 Å². The largest absolute Gasteiger partial charge is 0.475 e. The van der Waals surface area contributed by atoms with Gasteiger partial charge in [0.1, 0.15) is 6.61 Å². The van der Waals surface area contributed by atoms with E-state index < -0.39 is 0 Å². The average molecular weight is 259 g/mol. The Labute approximate surface area is 114 Å². The van der Waals surface area contributed by atoms with Gasteiger partial charge in [-0.2, -0.15) is 0 Å². The van der Waals surface area contributed by atoms with Crippen molar-refractivity contribution in [2.45, 2.75) is 26.2 Å². The molecule has 0 N–H and O–H groups in total.